The van der Waals surface area contributed by atoms with Gasteiger partial charge in [-0.25, -0.2) is 33.2 Å². The summed E-state index contributed by atoms with van der Waals surface area (Å²) in [4.78, 5) is 75.8. The summed E-state index contributed by atoms with van der Waals surface area (Å²) >= 11 is 0. The summed E-state index contributed by atoms with van der Waals surface area (Å²) < 4.78 is 47.0. The highest BCUT2D eigenvalue weighted by Gasteiger charge is 2.35. The molecule has 0 saturated heterocycles. The zero-order valence-electron chi connectivity index (χ0n) is 33.0. The van der Waals surface area contributed by atoms with E-state index >= 15 is 8.78 Å². The number of aromatic nitrogens is 3. The summed E-state index contributed by atoms with van der Waals surface area (Å²) in [6.45, 7) is 13.2. The van der Waals surface area contributed by atoms with Crippen LogP contribution >= 0.6 is 0 Å². The minimum Gasteiger partial charge on any atom is -0.453 e. The van der Waals surface area contributed by atoms with E-state index in [9.17, 15) is 24.0 Å². The van der Waals surface area contributed by atoms with Crippen LogP contribution in [0.2, 0.25) is 0 Å². The molecule has 0 bridgehead atoms. The van der Waals surface area contributed by atoms with Crippen molar-refractivity contribution in [2.24, 2.45) is 0 Å². The number of hydrogen-bond acceptors (Lipinski definition) is 10. The fraction of sp³-hybridized carbons (Fsp3) is 0.310. The molecule has 3 amide bonds. The molecule has 57 heavy (non-hydrogen) atoms. The monoisotopic (exact) mass is 783 g/mol. The number of esters is 1. The number of imide groups is 1. The molecule has 0 radical (unpaired) electrons. The standard InChI is InChI=1S/C42H43F2N5O8/c1-23-29(35-30-19-33(47-36(30)46-22-45-35)25-12-10-24(21-50)11-13-25)17-27(43)18-32(23)48-37(52)28-15-14-26(16-31(28)44)42(8,9)55-34(51)20-49(38(53)56-40(2,3)4)39(54)57-41(5,6)7/h10-19,21-22H,20H2,1-9H3,(H,48,52)(H,45,46,47). The maximum Gasteiger partial charge on any atom is 0.420 e. The zero-order chi connectivity index (χ0) is 42.0. The lowest BCUT2D eigenvalue weighted by Crippen LogP contribution is -2.47. The van der Waals surface area contributed by atoms with E-state index in [1.54, 1.807) is 78.8 Å². The fourth-order valence-corrected chi connectivity index (χ4v) is 5.71. The molecule has 0 spiro atoms. The van der Waals surface area contributed by atoms with Gasteiger partial charge in [-0.05, 0) is 109 Å². The number of carbonyl (C=O) groups is 5. The Hall–Kier alpha value is -6.51. The SMILES string of the molecule is Cc1c(NC(=O)c2ccc(C(C)(C)OC(=O)CN(C(=O)OC(C)(C)C)C(=O)OC(C)(C)C)cc2F)cc(F)cc1-c1ncnc2[nH]c(-c3ccc(C=O)cc3)cc12. The Morgan fingerprint density at radius 2 is 1.46 bits per heavy atom. The number of anilines is 1. The Bertz CT molecular complexity index is 2350. The molecule has 0 unspecified atom stereocenters. The Kier molecular flexibility index (Phi) is 11.6. The van der Waals surface area contributed by atoms with Gasteiger partial charge in [0, 0.05) is 27.9 Å². The van der Waals surface area contributed by atoms with Crippen molar-refractivity contribution in [1.29, 1.82) is 0 Å². The summed E-state index contributed by atoms with van der Waals surface area (Å²) in [7, 11) is 0. The Morgan fingerprint density at radius 3 is 2.04 bits per heavy atom. The lowest BCUT2D eigenvalue weighted by Gasteiger charge is -2.30. The van der Waals surface area contributed by atoms with Gasteiger partial charge in [0.05, 0.1) is 11.3 Å². The number of hydrogen-bond donors (Lipinski definition) is 2. The van der Waals surface area contributed by atoms with Crippen LogP contribution in [0, 0.1) is 18.6 Å². The van der Waals surface area contributed by atoms with Crippen LogP contribution < -0.4 is 5.32 Å². The molecule has 0 aliphatic heterocycles. The average molecular weight is 784 g/mol. The number of rotatable bonds is 9. The number of aromatic amines is 1. The highest BCUT2D eigenvalue weighted by molar-refractivity contribution is 6.06. The Labute approximate surface area is 327 Å². The second-order valence-electron chi connectivity index (χ2n) is 15.7. The van der Waals surface area contributed by atoms with E-state index in [-0.39, 0.29) is 16.8 Å². The van der Waals surface area contributed by atoms with Crippen molar-refractivity contribution in [1.82, 2.24) is 19.9 Å². The summed E-state index contributed by atoms with van der Waals surface area (Å²) in [5, 5.41) is 3.17. The number of halogens is 2. The van der Waals surface area contributed by atoms with Crippen molar-refractivity contribution >= 4 is 47.1 Å². The van der Waals surface area contributed by atoms with E-state index in [0.717, 1.165) is 24.0 Å². The molecule has 0 saturated carbocycles. The highest BCUT2D eigenvalue weighted by Crippen LogP contribution is 2.35. The molecule has 2 N–H and O–H groups in total. The Morgan fingerprint density at radius 1 is 0.825 bits per heavy atom. The second kappa shape index (κ2) is 15.9. The van der Waals surface area contributed by atoms with E-state index < -0.39 is 59.0 Å². The van der Waals surface area contributed by atoms with Crippen LogP contribution in [0.25, 0.3) is 33.5 Å². The number of carbonyl (C=O) groups excluding carboxylic acids is 5. The van der Waals surface area contributed by atoms with Gasteiger partial charge in [0.2, 0.25) is 0 Å². The van der Waals surface area contributed by atoms with Gasteiger partial charge in [-0.1, -0.05) is 30.3 Å². The molecule has 15 heteroatoms. The third kappa shape index (κ3) is 10.0. The summed E-state index contributed by atoms with van der Waals surface area (Å²) in [6.07, 6.45) is -0.188. The first-order chi connectivity index (χ1) is 26.5. The van der Waals surface area contributed by atoms with Crippen molar-refractivity contribution in [2.75, 3.05) is 11.9 Å². The normalized spacial score (nSPS) is 11.8. The van der Waals surface area contributed by atoms with Crippen LogP contribution in [-0.2, 0) is 24.6 Å². The van der Waals surface area contributed by atoms with Crippen molar-refractivity contribution in [2.45, 2.75) is 79.1 Å². The van der Waals surface area contributed by atoms with E-state index in [1.165, 1.54) is 38.4 Å². The molecule has 0 atom stereocenters. The summed E-state index contributed by atoms with van der Waals surface area (Å²) in [6, 6.07) is 14.7. The number of nitrogens with one attached hydrogen (secondary N) is 2. The Balaban J connectivity index is 1.35. The first kappa shape index (κ1) is 41.6. The minimum atomic E-state index is -1.51. The van der Waals surface area contributed by atoms with Gasteiger partial charge in [0.25, 0.3) is 5.91 Å². The predicted octanol–water partition coefficient (Wildman–Crippen LogP) is 8.89. The fourth-order valence-electron chi connectivity index (χ4n) is 5.71. The second-order valence-corrected chi connectivity index (χ2v) is 15.7. The van der Waals surface area contributed by atoms with Crippen molar-refractivity contribution in [3.8, 4) is 22.5 Å². The molecular weight excluding hydrogens is 740 g/mol. The van der Waals surface area contributed by atoms with E-state index in [2.05, 4.69) is 20.3 Å². The molecule has 2 aromatic heterocycles. The number of ether oxygens (including phenoxy) is 3. The van der Waals surface area contributed by atoms with E-state index in [0.29, 0.717) is 44.0 Å². The molecule has 298 valence electrons. The van der Waals surface area contributed by atoms with Gasteiger partial charge < -0.3 is 24.5 Å². The van der Waals surface area contributed by atoms with Gasteiger partial charge in [-0.15, -0.1) is 0 Å². The first-order valence-electron chi connectivity index (χ1n) is 17.8. The van der Waals surface area contributed by atoms with Gasteiger partial charge in [-0.3, -0.25) is 14.4 Å². The maximum atomic E-state index is 15.6. The maximum absolute atomic E-state index is 15.6. The third-order valence-corrected chi connectivity index (χ3v) is 8.45. The van der Waals surface area contributed by atoms with Crippen LogP contribution in [0.5, 0.6) is 0 Å². The van der Waals surface area contributed by atoms with E-state index in [1.807, 2.05) is 0 Å². The molecule has 5 aromatic rings. The summed E-state index contributed by atoms with van der Waals surface area (Å²) in [5.74, 6) is -3.56. The molecular formula is C42H43F2N5O8. The quantitative estimate of drug-likeness (QED) is 0.0836. The van der Waals surface area contributed by atoms with Gasteiger partial charge >= 0.3 is 18.2 Å². The first-order valence-corrected chi connectivity index (χ1v) is 17.8. The number of aldehydes is 1. The zero-order valence-corrected chi connectivity index (χ0v) is 33.0. The van der Waals surface area contributed by atoms with Crippen LogP contribution in [0.3, 0.4) is 0 Å². The third-order valence-electron chi connectivity index (χ3n) is 8.45. The van der Waals surface area contributed by atoms with Crippen LogP contribution in [0.1, 0.15) is 87.2 Å². The number of amides is 3. The smallest absolute Gasteiger partial charge is 0.420 e. The molecule has 0 aliphatic rings. The lowest BCUT2D eigenvalue weighted by atomic mass is 9.96. The molecule has 2 heterocycles. The van der Waals surface area contributed by atoms with Crippen LogP contribution in [-0.4, -0.2) is 67.9 Å². The predicted molar refractivity (Wildman–Crippen MR) is 207 cm³/mol. The topological polar surface area (TPSA) is 170 Å². The number of nitrogens with zero attached hydrogens (tertiary/aromatic N) is 3. The van der Waals surface area contributed by atoms with Crippen LogP contribution in [0.15, 0.2) is 67.0 Å². The molecule has 0 aliphatic carbocycles. The van der Waals surface area contributed by atoms with Crippen molar-refractivity contribution < 1.29 is 47.0 Å². The van der Waals surface area contributed by atoms with Gasteiger partial charge in [0.15, 0.2) is 0 Å². The molecule has 3 aromatic carbocycles. The molecule has 13 nitrogen and oxygen atoms in total. The average Bonchev–Trinajstić information content (AvgIpc) is 3.55. The number of fused-ring (bicyclic) bond motifs is 1. The largest absolute Gasteiger partial charge is 0.453 e. The molecule has 0 fully saturated rings. The van der Waals surface area contributed by atoms with Gasteiger partial charge in [-0.2, -0.15) is 0 Å². The van der Waals surface area contributed by atoms with Crippen molar-refractivity contribution in [3.63, 3.8) is 0 Å². The summed E-state index contributed by atoms with van der Waals surface area (Å²) in [5.41, 5.74) is -0.0130. The number of H-pyrrole nitrogens is 1. The van der Waals surface area contributed by atoms with Gasteiger partial charge in [0.1, 0.15) is 53.2 Å². The highest BCUT2D eigenvalue weighted by atomic mass is 19.1. The minimum absolute atomic E-state index is 0.0687. The van der Waals surface area contributed by atoms with E-state index in [4.69, 9.17) is 14.2 Å². The van der Waals surface area contributed by atoms with Crippen LogP contribution in [0.4, 0.5) is 24.1 Å². The lowest BCUT2D eigenvalue weighted by molar-refractivity contribution is -0.158. The molecule has 5 rings (SSSR count). The van der Waals surface area contributed by atoms with Crippen molar-refractivity contribution in [3.05, 3.63) is 101 Å². The number of benzene rings is 3.